The molecule has 72 valence electrons. The van der Waals surface area contributed by atoms with E-state index in [1.54, 1.807) is 22.7 Å². The quantitative estimate of drug-likeness (QED) is 0.570. The van der Waals surface area contributed by atoms with Crippen molar-refractivity contribution in [2.75, 3.05) is 0 Å². The fourth-order valence-electron chi connectivity index (χ4n) is 1.02. The lowest BCUT2D eigenvalue weighted by Gasteiger charge is -1.97. The first-order chi connectivity index (χ1) is 6.84. The van der Waals surface area contributed by atoms with Crippen molar-refractivity contribution >= 4 is 46.7 Å². The van der Waals surface area contributed by atoms with Gasteiger partial charge in [0.05, 0.1) is 4.21 Å². The molecule has 0 aliphatic rings. The highest BCUT2D eigenvalue weighted by atomic mass is 32.2. The Labute approximate surface area is 101 Å². The van der Waals surface area contributed by atoms with E-state index in [0.717, 1.165) is 8.89 Å². The normalized spacial score (nSPS) is 10.3. The first kappa shape index (κ1) is 10.4. The number of benzene rings is 1. The van der Waals surface area contributed by atoms with Crippen LogP contribution >= 0.6 is 46.7 Å². The molecule has 14 heavy (non-hydrogen) atoms. The van der Waals surface area contributed by atoms with Gasteiger partial charge in [-0.25, -0.2) is 0 Å². The van der Waals surface area contributed by atoms with Crippen LogP contribution in [0.1, 0.15) is 5.56 Å². The van der Waals surface area contributed by atoms with Gasteiger partial charge >= 0.3 is 0 Å². The second kappa shape index (κ2) is 5.07. The summed E-state index contributed by atoms with van der Waals surface area (Å²) in [7, 11) is 0. The molecule has 1 aromatic carbocycles. The molecule has 0 bridgehead atoms. The molecule has 0 saturated heterocycles. The molecule has 0 unspecified atom stereocenters. The molecule has 0 spiro atoms. The molecule has 0 fully saturated rings. The zero-order valence-electron chi connectivity index (χ0n) is 7.30. The van der Waals surface area contributed by atoms with Gasteiger partial charge in [-0.3, -0.25) is 0 Å². The molecule has 1 heterocycles. The minimum Gasteiger partial charge on any atom is -0.120 e. The Morgan fingerprint density at radius 1 is 1.21 bits per heavy atom. The van der Waals surface area contributed by atoms with Crippen LogP contribution in [0.5, 0.6) is 0 Å². The highest BCUT2D eigenvalue weighted by Gasteiger charge is 1.97. The molecule has 0 aliphatic carbocycles. The molecule has 1 aromatic heterocycles. The van der Waals surface area contributed by atoms with Crippen LogP contribution in [0.15, 0.2) is 39.9 Å². The number of hydrogen-bond acceptors (Lipinski definition) is 4. The van der Waals surface area contributed by atoms with E-state index in [1.807, 2.05) is 17.8 Å². The van der Waals surface area contributed by atoms with Crippen molar-refractivity contribution in [3.8, 4) is 0 Å². The molecule has 0 N–H and O–H groups in total. The lowest BCUT2D eigenvalue weighted by atomic mass is 10.2. The Kier molecular flexibility index (Phi) is 3.75. The van der Waals surface area contributed by atoms with Crippen LogP contribution in [0.4, 0.5) is 0 Å². The maximum atomic E-state index is 5.09. The third-order valence-electron chi connectivity index (χ3n) is 1.66. The molecule has 0 radical (unpaired) electrons. The second-order valence-corrected chi connectivity index (χ2v) is 7.07. The van der Waals surface area contributed by atoms with Crippen molar-refractivity contribution in [2.45, 2.75) is 9.96 Å². The fraction of sp³-hybridized carbons (Fsp3) is 0.100. The maximum Gasteiger partial charge on any atom is 0.144 e. The van der Waals surface area contributed by atoms with Crippen molar-refractivity contribution in [3.05, 3.63) is 44.4 Å². The first-order valence-corrected chi connectivity index (χ1v) is 7.19. The summed E-state index contributed by atoms with van der Waals surface area (Å²) >= 11 is 10.3. The van der Waals surface area contributed by atoms with E-state index >= 15 is 0 Å². The average Bonchev–Trinajstić information content (AvgIpc) is 2.63. The third kappa shape index (κ3) is 2.92. The van der Waals surface area contributed by atoms with Gasteiger partial charge in [0.2, 0.25) is 0 Å². The topological polar surface area (TPSA) is 0 Å². The van der Waals surface area contributed by atoms with Gasteiger partial charge in [-0.2, -0.15) is 0 Å². The van der Waals surface area contributed by atoms with Crippen LogP contribution in [-0.2, 0) is 5.75 Å². The Balaban J connectivity index is 1.98. The Bertz CT molecular complexity index is 440. The second-order valence-electron chi connectivity index (χ2n) is 2.68. The summed E-state index contributed by atoms with van der Waals surface area (Å²) in [6.45, 7) is 0. The highest BCUT2D eigenvalue weighted by molar-refractivity contribution is 8.00. The van der Waals surface area contributed by atoms with E-state index in [9.17, 15) is 0 Å². The van der Waals surface area contributed by atoms with E-state index < -0.39 is 0 Å². The van der Waals surface area contributed by atoms with Crippen LogP contribution in [-0.4, -0.2) is 0 Å². The lowest BCUT2D eigenvalue weighted by molar-refractivity contribution is 1.41. The fourth-order valence-corrected chi connectivity index (χ4v) is 4.63. The van der Waals surface area contributed by atoms with Gasteiger partial charge in [0.25, 0.3) is 0 Å². The SMILES string of the molecule is S=c1scc(SCc2ccccc2)s1. The van der Waals surface area contributed by atoms with Crippen molar-refractivity contribution in [3.63, 3.8) is 0 Å². The van der Waals surface area contributed by atoms with Crippen molar-refractivity contribution in [1.82, 2.24) is 0 Å². The van der Waals surface area contributed by atoms with Gasteiger partial charge in [-0.15, -0.1) is 34.4 Å². The lowest BCUT2D eigenvalue weighted by Crippen LogP contribution is -1.76. The summed E-state index contributed by atoms with van der Waals surface area (Å²) in [6, 6.07) is 10.5. The predicted molar refractivity (Wildman–Crippen MR) is 69.0 cm³/mol. The summed E-state index contributed by atoms with van der Waals surface area (Å²) in [5.74, 6) is 1.03. The standard InChI is InChI=1S/C10H8S4/c11-10-13-7-9(14-10)12-6-8-4-2-1-3-5-8/h1-5,7H,6H2. The van der Waals surface area contributed by atoms with E-state index in [4.69, 9.17) is 12.2 Å². The van der Waals surface area contributed by atoms with Gasteiger partial charge in [-0.1, -0.05) is 42.5 Å². The highest BCUT2D eigenvalue weighted by Crippen LogP contribution is 2.30. The molecule has 0 atom stereocenters. The summed E-state index contributed by atoms with van der Waals surface area (Å²) in [4.78, 5) is 0. The predicted octanol–water partition coefficient (Wildman–Crippen LogP) is 4.83. The van der Waals surface area contributed by atoms with Crippen LogP contribution < -0.4 is 0 Å². The smallest absolute Gasteiger partial charge is 0.120 e. The molecular formula is C10H8S4. The summed E-state index contributed by atoms with van der Waals surface area (Å²) in [6.07, 6.45) is 0. The molecule has 0 aliphatic heterocycles. The molecule has 2 rings (SSSR count). The minimum atomic E-state index is 1.01. The maximum absolute atomic E-state index is 5.09. The van der Waals surface area contributed by atoms with Crippen LogP contribution in [0, 0.1) is 3.14 Å². The zero-order chi connectivity index (χ0) is 9.80. The summed E-state index contributed by atoms with van der Waals surface area (Å²) < 4.78 is 2.34. The van der Waals surface area contributed by atoms with Gasteiger partial charge in [-0.05, 0) is 5.56 Å². The monoisotopic (exact) mass is 256 g/mol. The summed E-state index contributed by atoms with van der Waals surface area (Å²) in [5, 5.41) is 2.14. The van der Waals surface area contributed by atoms with Crippen LogP contribution in [0.25, 0.3) is 0 Å². The molecule has 0 saturated carbocycles. The van der Waals surface area contributed by atoms with Crippen LogP contribution in [0.3, 0.4) is 0 Å². The number of hydrogen-bond donors (Lipinski definition) is 0. The van der Waals surface area contributed by atoms with E-state index in [2.05, 4.69) is 29.6 Å². The molecule has 4 heteroatoms. The minimum absolute atomic E-state index is 1.01. The molecular weight excluding hydrogens is 248 g/mol. The first-order valence-electron chi connectivity index (χ1n) is 4.10. The van der Waals surface area contributed by atoms with E-state index in [0.29, 0.717) is 0 Å². The van der Waals surface area contributed by atoms with Gasteiger partial charge in [0, 0.05) is 11.1 Å². The van der Waals surface area contributed by atoms with Crippen LogP contribution in [0.2, 0.25) is 0 Å². The molecule has 0 nitrogen and oxygen atoms in total. The van der Waals surface area contributed by atoms with Crippen molar-refractivity contribution in [2.24, 2.45) is 0 Å². The van der Waals surface area contributed by atoms with Crippen molar-refractivity contribution in [1.29, 1.82) is 0 Å². The van der Waals surface area contributed by atoms with E-state index in [1.165, 1.54) is 9.77 Å². The number of rotatable bonds is 3. The van der Waals surface area contributed by atoms with Gasteiger partial charge < -0.3 is 0 Å². The largest absolute Gasteiger partial charge is 0.144 e. The molecule has 0 amide bonds. The van der Waals surface area contributed by atoms with E-state index in [-0.39, 0.29) is 0 Å². The Hall–Kier alpha value is -0.160. The van der Waals surface area contributed by atoms with Gasteiger partial charge in [0.15, 0.2) is 0 Å². The number of thioether (sulfide) groups is 1. The Morgan fingerprint density at radius 3 is 2.64 bits per heavy atom. The summed E-state index contributed by atoms with van der Waals surface area (Å²) in [5.41, 5.74) is 1.36. The van der Waals surface area contributed by atoms with Gasteiger partial charge in [0.1, 0.15) is 3.14 Å². The van der Waals surface area contributed by atoms with Crippen molar-refractivity contribution < 1.29 is 0 Å². The third-order valence-corrected chi connectivity index (χ3v) is 5.55. The average molecular weight is 256 g/mol. The zero-order valence-corrected chi connectivity index (χ0v) is 10.6. The Morgan fingerprint density at radius 2 is 2.00 bits per heavy atom. The molecule has 2 aromatic rings.